The molecule has 0 aliphatic rings. The van der Waals surface area contributed by atoms with Crippen molar-refractivity contribution in [3.63, 3.8) is 0 Å². The van der Waals surface area contributed by atoms with Gasteiger partial charge in [0.2, 0.25) is 0 Å². The van der Waals surface area contributed by atoms with Gasteiger partial charge < -0.3 is 10.1 Å². The summed E-state index contributed by atoms with van der Waals surface area (Å²) in [4.78, 5) is 11.9. The van der Waals surface area contributed by atoms with Crippen molar-refractivity contribution in [2.24, 2.45) is 0 Å². The van der Waals surface area contributed by atoms with Crippen LogP contribution in [-0.2, 0) is 11.2 Å². The first-order chi connectivity index (χ1) is 13.8. The first-order valence-electron chi connectivity index (χ1n) is 8.78. The van der Waals surface area contributed by atoms with E-state index in [1.54, 1.807) is 11.8 Å². The van der Waals surface area contributed by atoms with E-state index in [0.717, 1.165) is 21.6 Å². The number of halogens is 4. The number of amides is 1. The number of methoxy groups -OCH3 is 1. The average molecular weight is 444 g/mol. The van der Waals surface area contributed by atoms with E-state index in [9.17, 15) is 18.0 Å². The maximum Gasteiger partial charge on any atom is 0.471 e. The van der Waals surface area contributed by atoms with Gasteiger partial charge in [0, 0.05) is 22.0 Å². The van der Waals surface area contributed by atoms with Gasteiger partial charge in [0.1, 0.15) is 5.75 Å². The van der Waals surface area contributed by atoms with Crippen molar-refractivity contribution in [3.8, 4) is 5.75 Å². The summed E-state index contributed by atoms with van der Waals surface area (Å²) in [6.45, 7) is -0.0712. The van der Waals surface area contributed by atoms with Gasteiger partial charge in [-0.15, -0.1) is 11.8 Å². The first-order valence-corrected chi connectivity index (χ1v) is 10.4. The van der Waals surface area contributed by atoms with E-state index in [-0.39, 0.29) is 6.54 Å². The van der Waals surface area contributed by atoms with E-state index < -0.39 is 12.1 Å². The predicted octanol–water partition coefficient (Wildman–Crippen LogP) is 5.85. The highest BCUT2D eigenvalue weighted by molar-refractivity contribution is 7.98. The molecule has 0 fully saturated rings. The Morgan fingerprint density at radius 3 is 2.66 bits per heavy atom. The summed E-state index contributed by atoms with van der Waals surface area (Å²) in [6, 6.07) is 11.3. The zero-order valence-corrected chi connectivity index (χ0v) is 17.5. The SMILES string of the molecule is COc1ccc(C=Cc2c(Cl)cccc2SC)cc1CCCNC(=O)C(F)(F)F. The predicted molar refractivity (Wildman–Crippen MR) is 113 cm³/mol. The highest BCUT2D eigenvalue weighted by atomic mass is 35.5. The molecule has 0 atom stereocenters. The molecular formula is C21H21ClF3NO2S. The Hall–Kier alpha value is -2.12. The average Bonchev–Trinajstić information content (AvgIpc) is 2.69. The molecule has 3 nitrogen and oxygen atoms in total. The zero-order chi connectivity index (χ0) is 21.4. The van der Waals surface area contributed by atoms with Gasteiger partial charge in [-0.3, -0.25) is 4.79 Å². The molecule has 0 aliphatic heterocycles. The van der Waals surface area contributed by atoms with Crippen LogP contribution in [0.5, 0.6) is 5.75 Å². The Bertz CT molecular complexity index is 885. The standard InChI is InChI=1S/C21H21ClF3NO2S/c1-28-18-11-9-14(8-10-16-17(22)6-3-7-19(16)29-2)13-15(18)5-4-12-26-20(27)21(23,24)25/h3,6-11,13H,4-5,12H2,1-2H3,(H,26,27). The van der Waals surface area contributed by atoms with E-state index in [2.05, 4.69) is 0 Å². The molecule has 2 aromatic carbocycles. The summed E-state index contributed by atoms with van der Waals surface area (Å²) in [5, 5.41) is 2.53. The molecule has 1 N–H and O–H groups in total. The molecule has 2 rings (SSSR count). The Labute approximate surface area is 177 Å². The van der Waals surface area contributed by atoms with Gasteiger partial charge in [0.05, 0.1) is 7.11 Å². The van der Waals surface area contributed by atoms with Crippen LogP contribution in [0.4, 0.5) is 13.2 Å². The fourth-order valence-corrected chi connectivity index (χ4v) is 3.62. The molecule has 0 heterocycles. The van der Waals surface area contributed by atoms with Crippen molar-refractivity contribution in [1.82, 2.24) is 5.32 Å². The molecule has 29 heavy (non-hydrogen) atoms. The van der Waals surface area contributed by atoms with Gasteiger partial charge in [-0.05, 0) is 54.5 Å². The number of alkyl halides is 3. The number of hydrogen-bond donors (Lipinski definition) is 1. The Morgan fingerprint density at radius 1 is 1.24 bits per heavy atom. The minimum absolute atomic E-state index is 0.0712. The summed E-state index contributed by atoms with van der Waals surface area (Å²) in [5.41, 5.74) is 2.68. The maximum absolute atomic E-state index is 12.2. The summed E-state index contributed by atoms with van der Waals surface area (Å²) >= 11 is 7.90. The van der Waals surface area contributed by atoms with Gasteiger partial charge in [-0.25, -0.2) is 0 Å². The molecular weight excluding hydrogens is 423 g/mol. The molecule has 2 aromatic rings. The third-order valence-electron chi connectivity index (χ3n) is 4.15. The van der Waals surface area contributed by atoms with Crippen molar-refractivity contribution >= 4 is 41.4 Å². The lowest BCUT2D eigenvalue weighted by Crippen LogP contribution is -2.37. The molecule has 0 radical (unpaired) electrons. The van der Waals surface area contributed by atoms with Crippen LogP contribution in [0.15, 0.2) is 41.3 Å². The van der Waals surface area contributed by atoms with Gasteiger partial charge in [-0.2, -0.15) is 13.2 Å². The van der Waals surface area contributed by atoms with Crippen LogP contribution in [0.1, 0.15) is 23.1 Å². The number of benzene rings is 2. The molecule has 0 bridgehead atoms. The van der Waals surface area contributed by atoms with E-state index in [1.807, 2.05) is 60.1 Å². The number of nitrogens with one attached hydrogen (secondary N) is 1. The second-order valence-electron chi connectivity index (χ2n) is 6.12. The van der Waals surface area contributed by atoms with Crippen LogP contribution in [0.2, 0.25) is 5.02 Å². The number of carbonyl (C=O) groups excluding carboxylic acids is 1. The van der Waals surface area contributed by atoms with Crippen LogP contribution in [-0.4, -0.2) is 32.0 Å². The Balaban J connectivity index is 2.10. The molecule has 0 unspecified atom stereocenters. The van der Waals surface area contributed by atoms with Crippen molar-refractivity contribution in [2.75, 3.05) is 19.9 Å². The second kappa shape index (κ2) is 10.6. The van der Waals surface area contributed by atoms with Crippen LogP contribution in [0.3, 0.4) is 0 Å². The lowest BCUT2D eigenvalue weighted by atomic mass is 10.0. The summed E-state index contributed by atoms with van der Waals surface area (Å²) in [5.74, 6) is -1.28. The lowest BCUT2D eigenvalue weighted by molar-refractivity contribution is -0.173. The van der Waals surface area contributed by atoms with Gasteiger partial charge in [0.15, 0.2) is 0 Å². The molecule has 156 valence electrons. The van der Waals surface area contributed by atoms with E-state index >= 15 is 0 Å². The largest absolute Gasteiger partial charge is 0.496 e. The number of carbonyl (C=O) groups is 1. The highest BCUT2D eigenvalue weighted by Crippen LogP contribution is 2.29. The fourth-order valence-electron chi connectivity index (χ4n) is 2.72. The zero-order valence-electron chi connectivity index (χ0n) is 16.0. The van der Waals surface area contributed by atoms with Gasteiger partial charge in [-0.1, -0.05) is 35.9 Å². The third kappa shape index (κ3) is 6.72. The number of ether oxygens (including phenoxy) is 1. The van der Waals surface area contributed by atoms with Crippen LogP contribution >= 0.6 is 23.4 Å². The monoisotopic (exact) mass is 443 g/mol. The van der Waals surface area contributed by atoms with E-state index in [4.69, 9.17) is 16.3 Å². The topological polar surface area (TPSA) is 38.3 Å². The molecule has 0 aromatic heterocycles. The molecule has 1 amide bonds. The van der Waals surface area contributed by atoms with Crippen molar-refractivity contribution in [3.05, 3.63) is 58.1 Å². The van der Waals surface area contributed by atoms with Crippen molar-refractivity contribution in [1.29, 1.82) is 0 Å². The fraction of sp³-hybridized carbons (Fsp3) is 0.286. The van der Waals surface area contributed by atoms with E-state index in [0.29, 0.717) is 23.6 Å². The Kier molecular flexibility index (Phi) is 8.46. The number of hydrogen-bond acceptors (Lipinski definition) is 3. The van der Waals surface area contributed by atoms with Crippen LogP contribution in [0, 0.1) is 0 Å². The summed E-state index contributed by atoms with van der Waals surface area (Å²) in [7, 11) is 1.54. The number of thioether (sulfide) groups is 1. The van der Waals surface area contributed by atoms with Crippen molar-refractivity contribution < 1.29 is 22.7 Å². The summed E-state index contributed by atoms with van der Waals surface area (Å²) < 4.78 is 42.0. The van der Waals surface area contributed by atoms with Crippen molar-refractivity contribution in [2.45, 2.75) is 23.9 Å². The number of aryl methyl sites for hydroxylation is 1. The quantitative estimate of drug-likeness (QED) is 0.316. The minimum Gasteiger partial charge on any atom is -0.496 e. The normalized spacial score (nSPS) is 11.7. The maximum atomic E-state index is 12.2. The highest BCUT2D eigenvalue weighted by Gasteiger charge is 2.38. The first kappa shape index (κ1) is 23.2. The smallest absolute Gasteiger partial charge is 0.471 e. The van der Waals surface area contributed by atoms with E-state index in [1.165, 1.54) is 7.11 Å². The van der Waals surface area contributed by atoms with Crippen LogP contribution < -0.4 is 10.1 Å². The molecule has 0 saturated carbocycles. The van der Waals surface area contributed by atoms with Crippen LogP contribution in [0.25, 0.3) is 12.2 Å². The molecule has 0 saturated heterocycles. The van der Waals surface area contributed by atoms with Gasteiger partial charge >= 0.3 is 12.1 Å². The Morgan fingerprint density at radius 2 is 2.00 bits per heavy atom. The second-order valence-corrected chi connectivity index (χ2v) is 7.37. The molecule has 0 aliphatic carbocycles. The summed E-state index contributed by atoms with van der Waals surface area (Å²) in [6.07, 6.45) is 1.79. The molecule has 8 heteroatoms. The molecule has 0 spiro atoms. The number of rotatable bonds is 8. The third-order valence-corrected chi connectivity index (χ3v) is 5.27. The lowest BCUT2D eigenvalue weighted by Gasteiger charge is -2.11. The minimum atomic E-state index is -4.86. The van der Waals surface area contributed by atoms with Gasteiger partial charge in [0.25, 0.3) is 0 Å².